The molecule has 1 atom stereocenters. The van der Waals surface area contributed by atoms with Gasteiger partial charge in [0.1, 0.15) is 0 Å². The summed E-state index contributed by atoms with van der Waals surface area (Å²) in [6.07, 6.45) is 1.65. The molecule has 0 amide bonds. The van der Waals surface area contributed by atoms with Gasteiger partial charge in [-0.25, -0.2) is 0 Å². The number of benzene rings is 1. The Bertz CT molecular complexity index is 518. The van der Waals surface area contributed by atoms with E-state index in [0.717, 1.165) is 29.6 Å². The zero-order valence-electron chi connectivity index (χ0n) is 8.28. The fourth-order valence-corrected chi connectivity index (χ4v) is 2.86. The lowest BCUT2D eigenvalue weighted by molar-refractivity contribution is 0.140. The molecule has 2 aromatic rings. The van der Waals surface area contributed by atoms with Crippen LogP contribution in [-0.4, -0.2) is 9.67 Å². The monoisotopic (exact) mass is 265 g/mol. The van der Waals surface area contributed by atoms with Gasteiger partial charge in [-0.15, -0.1) is 0 Å². The van der Waals surface area contributed by atoms with Gasteiger partial charge in [0.25, 0.3) is 0 Å². The number of rotatable bonds is 0. The second-order valence-electron chi connectivity index (χ2n) is 4.05. The summed E-state index contributed by atoms with van der Waals surface area (Å²) in [6.45, 7) is 1.02. The van der Waals surface area contributed by atoms with Crippen molar-refractivity contribution in [1.29, 1.82) is 0 Å². The fourth-order valence-electron chi connectivity index (χ4n) is 2.39. The van der Waals surface area contributed by atoms with Crippen LogP contribution in [0.5, 0.6) is 0 Å². The number of aliphatic hydroxyl groups is 1. The number of aliphatic hydroxyl groups excluding tert-OH is 1. The lowest BCUT2D eigenvalue weighted by Crippen LogP contribution is -2.14. The molecule has 78 valence electrons. The zero-order valence-corrected chi connectivity index (χ0v) is 9.87. The zero-order chi connectivity index (χ0) is 10.4. The van der Waals surface area contributed by atoms with Crippen molar-refractivity contribution in [2.24, 2.45) is 0 Å². The summed E-state index contributed by atoms with van der Waals surface area (Å²) in [5.74, 6) is 0. The topological polar surface area (TPSA) is 25.2 Å². The van der Waals surface area contributed by atoms with Crippen LogP contribution in [0.2, 0.25) is 0 Å². The van der Waals surface area contributed by atoms with Crippen molar-refractivity contribution in [2.45, 2.75) is 25.5 Å². The summed E-state index contributed by atoms with van der Waals surface area (Å²) in [4.78, 5) is 0. The van der Waals surface area contributed by atoms with Gasteiger partial charge in [0.05, 0.1) is 6.10 Å². The Balaban J connectivity index is 2.35. The van der Waals surface area contributed by atoms with Gasteiger partial charge < -0.3 is 9.67 Å². The van der Waals surface area contributed by atoms with E-state index < -0.39 is 0 Å². The van der Waals surface area contributed by atoms with E-state index in [2.05, 4.69) is 32.6 Å². The quantitative estimate of drug-likeness (QED) is 0.778. The Morgan fingerprint density at radius 2 is 2.27 bits per heavy atom. The highest BCUT2D eigenvalue weighted by molar-refractivity contribution is 9.10. The molecule has 15 heavy (non-hydrogen) atoms. The van der Waals surface area contributed by atoms with Crippen molar-refractivity contribution < 1.29 is 5.11 Å². The molecule has 1 aromatic carbocycles. The molecule has 0 aliphatic carbocycles. The summed E-state index contributed by atoms with van der Waals surface area (Å²) in [5, 5.41) is 11.1. The molecule has 0 radical (unpaired) electrons. The van der Waals surface area contributed by atoms with Gasteiger partial charge in [-0.3, -0.25) is 0 Å². The normalized spacial score (nSPS) is 20.5. The van der Waals surface area contributed by atoms with Crippen LogP contribution in [0.4, 0.5) is 0 Å². The van der Waals surface area contributed by atoms with E-state index in [1.165, 1.54) is 10.9 Å². The Labute approximate surface area is 96.6 Å². The van der Waals surface area contributed by atoms with Gasteiger partial charge in [-0.05, 0) is 31.0 Å². The van der Waals surface area contributed by atoms with Crippen LogP contribution < -0.4 is 0 Å². The summed E-state index contributed by atoms with van der Waals surface area (Å²) < 4.78 is 3.34. The highest BCUT2D eigenvalue weighted by Gasteiger charge is 2.20. The first-order valence-electron chi connectivity index (χ1n) is 5.23. The molecule has 1 unspecified atom stereocenters. The molecule has 0 saturated heterocycles. The Morgan fingerprint density at radius 1 is 1.40 bits per heavy atom. The highest BCUT2D eigenvalue weighted by atomic mass is 79.9. The van der Waals surface area contributed by atoms with Crippen LogP contribution >= 0.6 is 15.9 Å². The minimum absolute atomic E-state index is 0.293. The standard InChI is InChI=1S/C12H12BrNO/c13-9-3-1-4-10-8(9)7-11-12(15)5-2-6-14(10)11/h1,3-4,7,12,15H,2,5-6H2. The molecule has 1 aromatic heterocycles. The van der Waals surface area contributed by atoms with E-state index in [9.17, 15) is 5.11 Å². The Morgan fingerprint density at radius 3 is 3.13 bits per heavy atom. The smallest absolute Gasteiger partial charge is 0.0940 e. The first-order valence-corrected chi connectivity index (χ1v) is 6.02. The van der Waals surface area contributed by atoms with Gasteiger partial charge in [0, 0.05) is 27.6 Å². The van der Waals surface area contributed by atoms with Crippen LogP contribution in [0.15, 0.2) is 28.7 Å². The van der Waals surface area contributed by atoms with Gasteiger partial charge in [-0.1, -0.05) is 22.0 Å². The van der Waals surface area contributed by atoms with Gasteiger partial charge in [-0.2, -0.15) is 0 Å². The van der Waals surface area contributed by atoms with E-state index in [4.69, 9.17) is 0 Å². The lowest BCUT2D eigenvalue weighted by atomic mass is 10.1. The molecule has 1 N–H and O–H groups in total. The number of fused-ring (bicyclic) bond motifs is 3. The lowest BCUT2D eigenvalue weighted by Gasteiger charge is -2.20. The average Bonchev–Trinajstić information content (AvgIpc) is 2.60. The first kappa shape index (κ1) is 9.43. The maximum Gasteiger partial charge on any atom is 0.0940 e. The van der Waals surface area contributed by atoms with Gasteiger partial charge in [0.15, 0.2) is 0 Å². The molecular formula is C12H12BrNO. The van der Waals surface area contributed by atoms with Gasteiger partial charge in [0.2, 0.25) is 0 Å². The molecule has 3 rings (SSSR count). The summed E-state index contributed by atoms with van der Waals surface area (Å²) in [6, 6.07) is 8.30. The van der Waals surface area contributed by atoms with E-state index >= 15 is 0 Å². The van der Waals surface area contributed by atoms with Crippen molar-refractivity contribution in [2.75, 3.05) is 0 Å². The Hall–Kier alpha value is -0.800. The molecule has 2 heterocycles. The molecule has 1 aliphatic heterocycles. The minimum atomic E-state index is -0.293. The maximum absolute atomic E-state index is 9.92. The van der Waals surface area contributed by atoms with E-state index in [1.54, 1.807) is 0 Å². The predicted octanol–water partition coefficient (Wildman–Crippen LogP) is 3.23. The van der Waals surface area contributed by atoms with Crippen LogP contribution in [-0.2, 0) is 6.54 Å². The third kappa shape index (κ3) is 1.34. The Kier molecular flexibility index (Phi) is 2.11. The molecule has 3 heteroatoms. The largest absolute Gasteiger partial charge is 0.387 e. The molecule has 0 bridgehead atoms. The number of halogens is 1. The maximum atomic E-state index is 9.92. The first-order chi connectivity index (χ1) is 7.27. The van der Waals surface area contributed by atoms with Crippen LogP contribution in [0.25, 0.3) is 10.9 Å². The molecule has 1 aliphatic rings. The fraction of sp³-hybridized carbons (Fsp3) is 0.333. The van der Waals surface area contributed by atoms with Crippen LogP contribution in [0.3, 0.4) is 0 Å². The molecule has 2 nitrogen and oxygen atoms in total. The second-order valence-corrected chi connectivity index (χ2v) is 4.91. The van der Waals surface area contributed by atoms with E-state index in [0.29, 0.717) is 0 Å². The third-order valence-electron chi connectivity index (χ3n) is 3.13. The third-order valence-corrected chi connectivity index (χ3v) is 3.82. The van der Waals surface area contributed by atoms with Crippen LogP contribution in [0.1, 0.15) is 24.6 Å². The SMILES string of the molecule is OC1CCCn2c1cc1c(Br)cccc12. The van der Waals surface area contributed by atoms with Crippen molar-refractivity contribution >= 4 is 26.8 Å². The van der Waals surface area contributed by atoms with E-state index in [1.807, 2.05) is 12.1 Å². The van der Waals surface area contributed by atoms with Gasteiger partial charge >= 0.3 is 0 Å². The minimum Gasteiger partial charge on any atom is -0.387 e. The number of aromatic nitrogens is 1. The van der Waals surface area contributed by atoms with Crippen molar-refractivity contribution in [3.05, 3.63) is 34.4 Å². The van der Waals surface area contributed by atoms with E-state index in [-0.39, 0.29) is 6.10 Å². The van der Waals surface area contributed by atoms with Crippen molar-refractivity contribution in [3.8, 4) is 0 Å². The average molecular weight is 266 g/mol. The number of hydrogen-bond donors (Lipinski definition) is 1. The number of nitrogens with zero attached hydrogens (tertiary/aromatic N) is 1. The summed E-state index contributed by atoms with van der Waals surface area (Å²) in [5.41, 5.74) is 2.28. The molecule has 0 fully saturated rings. The molecule has 0 saturated carbocycles. The van der Waals surface area contributed by atoms with Crippen molar-refractivity contribution in [3.63, 3.8) is 0 Å². The number of hydrogen-bond acceptors (Lipinski definition) is 1. The van der Waals surface area contributed by atoms with Crippen molar-refractivity contribution in [1.82, 2.24) is 4.57 Å². The van der Waals surface area contributed by atoms with Crippen LogP contribution in [0, 0.1) is 0 Å². The number of aryl methyl sites for hydroxylation is 1. The second kappa shape index (κ2) is 3.35. The summed E-state index contributed by atoms with van der Waals surface area (Å²) >= 11 is 3.55. The molecular weight excluding hydrogens is 254 g/mol. The highest BCUT2D eigenvalue weighted by Crippen LogP contribution is 2.34. The molecule has 0 spiro atoms. The summed E-state index contributed by atoms with van der Waals surface area (Å²) in [7, 11) is 0. The predicted molar refractivity (Wildman–Crippen MR) is 63.8 cm³/mol.